The molecule has 1 unspecified atom stereocenters. The lowest BCUT2D eigenvalue weighted by atomic mass is 10.2. The smallest absolute Gasteiger partial charge is 0.115 e. The molecule has 2 aromatic heterocycles. The molecule has 0 amide bonds. The Morgan fingerprint density at radius 2 is 2.47 bits per heavy atom. The first kappa shape index (κ1) is 10.3. The van der Waals surface area contributed by atoms with Crippen molar-refractivity contribution in [3.05, 3.63) is 34.8 Å². The maximum absolute atomic E-state index is 5.66. The maximum Gasteiger partial charge on any atom is 0.115 e. The average Bonchev–Trinajstić information content (AvgIpc) is 2.89. The molecule has 0 spiro atoms. The molecule has 1 atom stereocenters. The zero-order valence-corrected chi connectivity index (χ0v) is 9.44. The number of nitrogens with zero attached hydrogens (tertiary/aromatic N) is 3. The Morgan fingerprint density at radius 1 is 1.60 bits per heavy atom. The number of hydrogen-bond donors (Lipinski definition) is 1. The van der Waals surface area contributed by atoms with Crippen molar-refractivity contribution < 1.29 is 0 Å². The minimum Gasteiger partial charge on any atom is -0.325 e. The van der Waals surface area contributed by atoms with E-state index in [1.165, 1.54) is 0 Å². The Hall–Kier alpha value is -1.20. The second kappa shape index (κ2) is 4.55. The quantitative estimate of drug-likeness (QED) is 0.858. The molecule has 0 saturated carbocycles. The van der Waals surface area contributed by atoms with Gasteiger partial charge in [0.2, 0.25) is 0 Å². The molecule has 0 aromatic carbocycles. The van der Waals surface area contributed by atoms with Crippen LogP contribution in [0.15, 0.2) is 24.1 Å². The summed E-state index contributed by atoms with van der Waals surface area (Å²) in [5, 5.41) is 3.11. The molecule has 0 aliphatic heterocycles. The van der Waals surface area contributed by atoms with E-state index in [0.29, 0.717) is 6.54 Å². The van der Waals surface area contributed by atoms with Crippen LogP contribution in [0, 0.1) is 0 Å². The van der Waals surface area contributed by atoms with Gasteiger partial charge in [-0.05, 0) is 6.42 Å². The molecule has 0 fully saturated rings. The summed E-state index contributed by atoms with van der Waals surface area (Å²) in [6, 6.07) is 0.269. The molecule has 0 aliphatic rings. The summed E-state index contributed by atoms with van der Waals surface area (Å²) in [4.78, 5) is 8.48. The molecule has 0 aliphatic carbocycles. The molecule has 0 bridgehead atoms. The summed E-state index contributed by atoms with van der Waals surface area (Å²) in [5.74, 6) is 0. The standard InChI is InChI=1S/C10H14N4S/c1-2-9(10-13-3-4-15-10)14-7-12-6-8(14)5-11/h3-4,6-7,9H,2,5,11H2,1H3. The largest absolute Gasteiger partial charge is 0.325 e. The Bertz CT molecular complexity index is 407. The summed E-state index contributed by atoms with van der Waals surface area (Å²) in [5.41, 5.74) is 6.72. The topological polar surface area (TPSA) is 56.7 Å². The van der Waals surface area contributed by atoms with Gasteiger partial charge in [0.25, 0.3) is 0 Å². The number of nitrogens with two attached hydrogens (primary N) is 1. The van der Waals surface area contributed by atoms with Crippen LogP contribution < -0.4 is 5.73 Å². The SMILES string of the molecule is CCC(c1nccs1)n1cncc1CN. The summed E-state index contributed by atoms with van der Waals surface area (Å²) < 4.78 is 2.11. The second-order valence-electron chi connectivity index (χ2n) is 3.29. The molecule has 5 heteroatoms. The lowest BCUT2D eigenvalue weighted by Crippen LogP contribution is -2.13. The van der Waals surface area contributed by atoms with Crippen LogP contribution in [0.2, 0.25) is 0 Å². The molecule has 2 heterocycles. The first-order valence-corrected chi connectivity index (χ1v) is 5.85. The monoisotopic (exact) mass is 222 g/mol. The lowest BCUT2D eigenvalue weighted by molar-refractivity contribution is 0.543. The second-order valence-corrected chi connectivity index (χ2v) is 4.22. The summed E-state index contributed by atoms with van der Waals surface area (Å²) >= 11 is 1.67. The van der Waals surface area contributed by atoms with E-state index in [1.807, 2.05) is 24.1 Å². The third kappa shape index (κ3) is 1.93. The van der Waals surface area contributed by atoms with Crippen LogP contribution in [0.4, 0.5) is 0 Å². The lowest BCUT2D eigenvalue weighted by Gasteiger charge is -2.16. The summed E-state index contributed by atoms with van der Waals surface area (Å²) in [7, 11) is 0. The van der Waals surface area contributed by atoms with Gasteiger partial charge in [0.15, 0.2) is 0 Å². The summed E-state index contributed by atoms with van der Waals surface area (Å²) in [6.45, 7) is 2.66. The van der Waals surface area contributed by atoms with Gasteiger partial charge < -0.3 is 10.3 Å². The fraction of sp³-hybridized carbons (Fsp3) is 0.400. The number of hydrogen-bond acceptors (Lipinski definition) is 4. The molecule has 15 heavy (non-hydrogen) atoms. The van der Waals surface area contributed by atoms with Gasteiger partial charge in [-0.2, -0.15) is 0 Å². The van der Waals surface area contributed by atoms with Crippen molar-refractivity contribution in [2.24, 2.45) is 5.73 Å². The molecule has 0 saturated heterocycles. The van der Waals surface area contributed by atoms with E-state index in [1.54, 1.807) is 11.3 Å². The molecule has 4 nitrogen and oxygen atoms in total. The predicted octanol–water partition coefficient (Wildman–Crippen LogP) is 1.80. The zero-order valence-electron chi connectivity index (χ0n) is 8.63. The summed E-state index contributed by atoms with van der Waals surface area (Å²) in [6.07, 6.45) is 6.48. The molecular formula is C10H14N4S. The average molecular weight is 222 g/mol. The van der Waals surface area contributed by atoms with Crippen molar-refractivity contribution in [3.8, 4) is 0 Å². The first-order chi connectivity index (χ1) is 7.36. The third-order valence-electron chi connectivity index (χ3n) is 2.41. The minimum absolute atomic E-state index is 0.269. The minimum atomic E-state index is 0.269. The van der Waals surface area contributed by atoms with Crippen molar-refractivity contribution >= 4 is 11.3 Å². The van der Waals surface area contributed by atoms with Crippen LogP contribution in [0.3, 0.4) is 0 Å². The highest BCUT2D eigenvalue weighted by Crippen LogP contribution is 2.24. The number of thiazole rings is 1. The van der Waals surface area contributed by atoms with E-state index in [0.717, 1.165) is 17.1 Å². The number of rotatable bonds is 4. The number of imidazole rings is 1. The van der Waals surface area contributed by atoms with Crippen molar-refractivity contribution in [3.63, 3.8) is 0 Å². The van der Waals surface area contributed by atoms with Gasteiger partial charge in [-0.1, -0.05) is 6.92 Å². The van der Waals surface area contributed by atoms with Crippen LogP contribution in [0.25, 0.3) is 0 Å². The van der Waals surface area contributed by atoms with E-state index in [2.05, 4.69) is 21.5 Å². The van der Waals surface area contributed by atoms with Crippen molar-refractivity contribution in [2.75, 3.05) is 0 Å². The van der Waals surface area contributed by atoms with Gasteiger partial charge in [0, 0.05) is 24.3 Å². The van der Waals surface area contributed by atoms with Crippen LogP contribution in [-0.4, -0.2) is 14.5 Å². The van der Waals surface area contributed by atoms with E-state index in [9.17, 15) is 0 Å². The van der Waals surface area contributed by atoms with Gasteiger partial charge in [-0.25, -0.2) is 9.97 Å². The zero-order chi connectivity index (χ0) is 10.7. The highest BCUT2D eigenvalue weighted by atomic mass is 32.1. The Balaban J connectivity index is 2.35. The van der Waals surface area contributed by atoms with Crippen molar-refractivity contribution in [1.82, 2.24) is 14.5 Å². The molecule has 2 N–H and O–H groups in total. The Labute approximate surface area is 92.8 Å². The fourth-order valence-electron chi connectivity index (χ4n) is 1.66. The third-order valence-corrected chi connectivity index (χ3v) is 3.29. The van der Waals surface area contributed by atoms with Gasteiger partial charge >= 0.3 is 0 Å². The Morgan fingerprint density at radius 3 is 3.07 bits per heavy atom. The maximum atomic E-state index is 5.66. The highest BCUT2D eigenvalue weighted by Gasteiger charge is 2.15. The van der Waals surface area contributed by atoms with Crippen molar-refractivity contribution in [2.45, 2.75) is 25.9 Å². The van der Waals surface area contributed by atoms with E-state index in [-0.39, 0.29) is 6.04 Å². The molecule has 80 valence electrons. The highest BCUT2D eigenvalue weighted by molar-refractivity contribution is 7.09. The molecule has 0 radical (unpaired) electrons. The van der Waals surface area contributed by atoms with E-state index < -0.39 is 0 Å². The molecule has 2 rings (SSSR count). The van der Waals surface area contributed by atoms with Gasteiger partial charge in [0.1, 0.15) is 5.01 Å². The molecular weight excluding hydrogens is 208 g/mol. The Kier molecular flexibility index (Phi) is 3.13. The van der Waals surface area contributed by atoms with Gasteiger partial charge in [-0.3, -0.25) is 0 Å². The van der Waals surface area contributed by atoms with Gasteiger partial charge in [0.05, 0.1) is 18.1 Å². The molecule has 2 aromatic rings. The fourth-order valence-corrected chi connectivity index (χ4v) is 2.48. The van der Waals surface area contributed by atoms with Crippen LogP contribution >= 0.6 is 11.3 Å². The predicted molar refractivity (Wildman–Crippen MR) is 60.7 cm³/mol. The van der Waals surface area contributed by atoms with Crippen LogP contribution in [0.1, 0.15) is 30.1 Å². The first-order valence-electron chi connectivity index (χ1n) is 4.97. The van der Waals surface area contributed by atoms with Crippen LogP contribution in [0.5, 0.6) is 0 Å². The van der Waals surface area contributed by atoms with E-state index in [4.69, 9.17) is 5.73 Å². The van der Waals surface area contributed by atoms with Crippen LogP contribution in [-0.2, 0) is 6.54 Å². The normalized spacial score (nSPS) is 12.9. The van der Waals surface area contributed by atoms with Gasteiger partial charge in [-0.15, -0.1) is 11.3 Å². The number of aromatic nitrogens is 3. The van der Waals surface area contributed by atoms with E-state index >= 15 is 0 Å². The van der Waals surface area contributed by atoms with Crippen molar-refractivity contribution in [1.29, 1.82) is 0 Å².